The molecule has 2 N–H and O–H groups in total. The van der Waals surface area contributed by atoms with Crippen LogP contribution in [0.1, 0.15) is 78.1 Å². The number of nitrogens with zero attached hydrogens (tertiary/aromatic N) is 1. The van der Waals surface area contributed by atoms with Crippen LogP contribution in [0.4, 0.5) is 0 Å². The molecule has 0 fully saturated rings. The number of aliphatic carboxylic acids is 1. The molecule has 8 heteroatoms. The smallest absolute Gasteiger partial charge is 0.330 e. The molecule has 0 heterocycles. The summed E-state index contributed by atoms with van der Waals surface area (Å²) in [6.07, 6.45) is 9.95. The van der Waals surface area contributed by atoms with Crippen molar-refractivity contribution >= 4 is 14.6 Å². The molecule has 0 aromatic rings. The Morgan fingerprint density at radius 2 is 1.62 bits per heavy atom. The highest BCUT2D eigenvalue weighted by molar-refractivity contribution is 7.40. The van der Waals surface area contributed by atoms with Crippen molar-refractivity contribution in [1.82, 2.24) is 0 Å². The average Bonchev–Trinajstić information content (AvgIpc) is 2.58. The lowest BCUT2D eigenvalue weighted by Gasteiger charge is -2.29. The predicted molar refractivity (Wildman–Crippen MR) is 118 cm³/mol. The fraction of sp³-hybridized carbons (Fsp3) is 0.952. The molecule has 3 unspecified atom stereocenters. The molecular formula is C21H45NO6P+. The van der Waals surface area contributed by atoms with Gasteiger partial charge in [0.25, 0.3) is 0 Å². The van der Waals surface area contributed by atoms with E-state index in [-0.39, 0.29) is 6.42 Å². The van der Waals surface area contributed by atoms with E-state index in [2.05, 4.69) is 13.8 Å². The van der Waals surface area contributed by atoms with Crippen molar-refractivity contribution in [2.45, 2.75) is 90.3 Å². The minimum atomic E-state index is -2.05. The summed E-state index contributed by atoms with van der Waals surface area (Å²) in [4.78, 5) is 20.9. The van der Waals surface area contributed by atoms with E-state index < -0.39 is 20.7 Å². The number of likely N-dealkylation sites (N-methyl/N-ethyl adjacent to an activating group) is 1. The fourth-order valence-corrected chi connectivity index (χ4v) is 3.77. The van der Waals surface area contributed by atoms with Crippen molar-refractivity contribution in [2.75, 3.05) is 40.9 Å². The SMILES string of the molecule is CCCCCCCC(C)OCCCCCOP(O)OC(CC(=O)O)C[N+](C)(C)C. The van der Waals surface area contributed by atoms with Crippen LogP contribution in [0.3, 0.4) is 0 Å². The monoisotopic (exact) mass is 438 g/mol. The Balaban J connectivity index is 3.73. The van der Waals surface area contributed by atoms with Crippen LogP contribution in [0.2, 0.25) is 0 Å². The molecule has 0 aliphatic heterocycles. The van der Waals surface area contributed by atoms with E-state index in [1.165, 1.54) is 32.1 Å². The van der Waals surface area contributed by atoms with Gasteiger partial charge in [-0.05, 0) is 32.6 Å². The second-order valence-corrected chi connectivity index (χ2v) is 9.76. The first-order valence-corrected chi connectivity index (χ1v) is 12.2. The van der Waals surface area contributed by atoms with Gasteiger partial charge in [0.2, 0.25) is 0 Å². The first-order chi connectivity index (χ1) is 13.6. The highest BCUT2D eigenvalue weighted by Crippen LogP contribution is 2.36. The molecule has 0 bridgehead atoms. The van der Waals surface area contributed by atoms with Crippen LogP contribution in [0.5, 0.6) is 0 Å². The number of carboxylic acids is 1. The second kappa shape index (κ2) is 17.4. The van der Waals surface area contributed by atoms with Crippen LogP contribution >= 0.6 is 8.60 Å². The van der Waals surface area contributed by atoms with Gasteiger partial charge in [-0.2, -0.15) is 0 Å². The first-order valence-electron chi connectivity index (χ1n) is 11.1. The lowest BCUT2D eigenvalue weighted by Crippen LogP contribution is -2.42. The van der Waals surface area contributed by atoms with Crippen molar-refractivity contribution in [3.8, 4) is 0 Å². The van der Waals surface area contributed by atoms with Crippen LogP contribution in [0.15, 0.2) is 0 Å². The van der Waals surface area contributed by atoms with E-state index in [1.807, 2.05) is 21.1 Å². The maximum atomic E-state index is 11.0. The van der Waals surface area contributed by atoms with Gasteiger partial charge in [0.1, 0.15) is 12.6 Å². The predicted octanol–water partition coefficient (Wildman–Crippen LogP) is 4.72. The molecule has 29 heavy (non-hydrogen) atoms. The van der Waals surface area contributed by atoms with Gasteiger partial charge in [-0.1, -0.05) is 39.0 Å². The van der Waals surface area contributed by atoms with Gasteiger partial charge in [0, 0.05) is 6.61 Å². The lowest BCUT2D eigenvalue weighted by molar-refractivity contribution is -0.873. The topological polar surface area (TPSA) is 85.2 Å². The fourth-order valence-electron chi connectivity index (χ4n) is 3.03. The minimum Gasteiger partial charge on any atom is -0.481 e. The molecule has 7 nitrogen and oxygen atoms in total. The molecule has 0 aromatic heterocycles. The Bertz CT molecular complexity index is 405. The zero-order chi connectivity index (χ0) is 22.1. The Morgan fingerprint density at radius 3 is 2.24 bits per heavy atom. The summed E-state index contributed by atoms with van der Waals surface area (Å²) in [5.74, 6) is -0.943. The zero-order valence-electron chi connectivity index (χ0n) is 19.3. The number of carboxylic acid groups (broad SMARTS) is 1. The summed E-state index contributed by atoms with van der Waals surface area (Å²) >= 11 is 0. The molecule has 174 valence electrons. The quantitative estimate of drug-likeness (QED) is 0.162. The summed E-state index contributed by atoms with van der Waals surface area (Å²) in [5, 5.41) is 9.00. The zero-order valence-corrected chi connectivity index (χ0v) is 20.2. The number of unbranched alkanes of at least 4 members (excludes halogenated alkanes) is 6. The van der Waals surface area contributed by atoms with Crippen LogP contribution in [0, 0.1) is 0 Å². The normalized spacial score (nSPS) is 15.2. The number of hydrogen-bond acceptors (Lipinski definition) is 5. The molecule has 0 aliphatic carbocycles. The van der Waals surface area contributed by atoms with Crippen LogP contribution in [-0.4, -0.2) is 73.6 Å². The molecule has 0 saturated heterocycles. The third-order valence-corrected chi connectivity index (χ3v) is 5.38. The Kier molecular flexibility index (Phi) is 17.2. The van der Waals surface area contributed by atoms with Crippen molar-refractivity contribution in [3.63, 3.8) is 0 Å². The Morgan fingerprint density at radius 1 is 1.00 bits per heavy atom. The number of quaternary nitrogens is 1. The van der Waals surface area contributed by atoms with Gasteiger partial charge < -0.3 is 28.3 Å². The van der Waals surface area contributed by atoms with Crippen LogP contribution < -0.4 is 0 Å². The van der Waals surface area contributed by atoms with E-state index in [4.69, 9.17) is 18.9 Å². The third-order valence-electron chi connectivity index (χ3n) is 4.50. The maximum Gasteiger partial charge on any atom is 0.330 e. The van der Waals surface area contributed by atoms with Crippen molar-refractivity contribution in [3.05, 3.63) is 0 Å². The first kappa shape index (κ1) is 28.7. The van der Waals surface area contributed by atoms with Crippen LogP contribution in [-0.2, 0) is 18.6 Å². The number of ether oxygens (including phenoxy) is 1. The van der Waals surface area contributed by atoms with Gasteiger partial charge in [-0.25, -0.2) is 0 Å². The van der Waals surface area contributed by atoms with Gasteiger partial charge in [-0.15, -0.1) is 0 Å². The highest BCUT2D eigenvalue weighted by atomic mass is 31.2. The molecule has 0 radical (unpaired) electrons. The molecule has 3 atom stereocenters. The van der Waals surface area contributed by atoms with Gasteiger partial charge in [0.05, 0.1) is 40.3 Å². The van der Waals surface area contributed by atoms with Crippen LogP contribution in [0.25, 0.3) is 0 Å². The molecule has 0 spiro atoms. The molecule has 0 aliphatic rings. The van der Waals surface area contributed by atoms with Gasteiger partial charge in [-0.3, -0.25) is 4.79 Å². The molecule has 0 saturated carbocycles. The number of rotatable bonds is 20. The summed E-state index contributed by atoms with van der Waals surface area (Å²) in [5.41, 5.74) is 0. The molecule has 0 amide bonds. The van der Waals surface area contributed by atoms with E-state index in [0.29, 0.717) is 23.7 Å². The largest absolute Gasteiger partial charge is 0.481 e. The average molecular weight is 439 g/mol. The Hall–Kier alpha value is -0.300. The van der Waals surface area contributed by atoms with Crippen molar-refractivity contribution in [1.29, 1.82) is 0 Å². The summed E-state index contributed by atoms with van der Waals surface area (Å²) in [6.45, 7) is 6.02. The van der Waals surface area contributed by atoms with E-state index in [0.717, 1.165) is 32.3 Å². The van der Waals surface area contributed by atoms with Crippen molar-refractivity contribution < 1.29 is 33.1 Å². The lowest BCUT2D eigenvalue weighted by atomic mass is 10.1. The maximum absolute atomic E-state index is 11.0. The standard InChI is InChI=1S/C21H44NO6P/c1-6-7-8-9-11-14-19(2)26-15-12-10-13-16-27-29(25)28-20(17-21(23)24)18-22(3,4)5/h19-20,25H,6-18H2,1-5H3/p+1. The molecule has 0 aromatic carbocycles. The second-order valence-electron chi connectivity index (χ2n) is 8.81. The molecular weight excluding hydrogens is 393 g/mol. The van der Waals surface area contributed by atoms with E-state index >= 15 is 0 Å². The van der Waals surface area contributed by atoms with Crippen molar-refractivity contribution in [2.24, 2.45) is 0 Å². The van der Waals surface area contributed by atoms with E-state index in [9.17, 15) is 9.69 Å². The van der Waals surface area contributed by atoms with Gasteiger partial charge >= 0.3 is 14.6 Å². The third kappa shape index (κ3) is 20.7. The van der Waals surface area contributed by atoms with Gasteiger partial charge in [0.15, 0.2) is 0 Å². The summed E-state index contributed by atoms with van der Waals surface area (Å²) < 4.78 is 17.2. The Labute approximate surface area is 179 Å². The number of hydrogen-bond donors (Lipinski definition) is 2. The number of carbonyl (C=O) groups is 1. The molecule has 0 rings (SSSR count). The minimum absolute atomic E-state index is 0.146. The van der Waals surface area contributed by atoms with E-state index in [1.54, 1.807) is 0 Å². The highest BCUT2D eigenvalue weighted by Gasteiger charge is 2.25. The summed E-state index contributed by atoms with van der Waals surface area (Å²) in [6, 6.07) is 0. The summed E-state index contributed by atoms with van der Waals surface area (Å²) in [7, 11) is 3.80.